The van der Waals surface area contributed by atoms with Crippen molar-refractivity contribution < 1.29 is 28.6 Å². The number of carbonyl (C=O) groups excluding carboxylic acids is 3. The summed E-state index contributed by atoms with van der Waals surface area (Å²) in [7, 11) is 0. The molecule has 0 aliphatic heterocycles. The van der Waals surface area contributed by atoms with Crippen LogP contribution in [0.1, 0.15) is 265 Å². The first kappa shape index (κ1) is 63.6. The van der Waals surface area contributed by atoms with Gasteiger partial charge in [0.05, 0.1) is 0 Å². The van der Waals surface area contributed by atoms with Crippen molar-refractivity contribution in [2.45, 2.75) is 271 Å². The highest BCUT2D eigenvalue weighted by Gasteiger charge is 2.19. The molecule has 0 aliphatic carbocycles. The van der Waals surface area contributed by atoms with Crippen LogP contribution in [0.3, 0.4) is 0 Å². The fraction of sp³-hybridized carbons (Fsp3) is 0.721. The van der Waals surface area contributed by atoms with E-state index in [1.54, 1.807) is 0 Å². The van der Waals surface area contributed by atoms with Crippen LogP contribution in [-0.4, -0.2) is 37.2 Å². The van der Waals surface area contributed by atoms with Gasteiger partial charge in [0, 0.05) is 19.3 Å². The topological polar surface area (TPSA) is 78.9 Å². The van der Waals surface area contributed by atoms with E-state index in [0.29, 0.717) is 19.3 Å². The van der Waals surface area contributed by atoms with E-state index >= 15 is 0 Å². The summed E-state index contributed by atoms with van der Waals surface area (Å²) < 4.78 is 16.8. The van der Waals surface area contributed by atoms with Gasteiger partial charge in [0.15, 0.2) is 6.10 Å². The number of carbonyl (C=O) groups is 3. The minimum atomic E-state index is -0.782. The first-order valence-corrected chi connectivity index (χ1v) is 28.1. The Labute approximate surface area is 414 Å². The predicted octanol–water partition coefficient (Wildman–Crippen LogP) is 18.8. The van der Waals surface area contributed by atoms with Gasteiger partial charge in [-0.05, 0) is 96.3 Å². The Hall–Kier alpha value is -3.41. The fourth-order valence-corrected chi connectivity index (χ4v) is 7.68. The second kappa shape index (κ2) is 55.2. The Morgan fingerprint density at radius 1 is 0.313 bits per heavy atom. The molecule has 0 amide bonds. The molecule has 0 bridgehead atoms. The molecule has 1 atom stereocenters. The van der Waals surface area contributed by atoms with Crippen molar-refractivity contribution in [3.05, 3.63) is 85.1 Å². The lowest BCUT2D eigenvalue weighted by molar-refractivity contribution is -0.167. The van der Waals surface area contributed by atoms with Crippen molar-refractivity contribution in [3.63, 3.8) is 0 Å². The van der Waals surface area contributed by atoms with Gasteiger partial charge in [-0.2, -0.15) is 0 Å². The molecule has 0 radical (unpaired) electrons. The first-order chi connectivity index (χ1) is 33.0. The molecular formula is C61H104O6. The molecule has 0 heterocycles. The molecule has 0 saturated carbocycles. The van der Waals surface area contributed by atoms with Crippen molar-refractivity contribution >= 4 is 17.9 Å². The van der Waals surface area contributed by atoms with E-state index in [4.69, 9.17) is 14.2 Å². The molecule has 0 aromatic heterocycles. The van der Waals surface area contributed by atoms with Crippen molar-refractivity contribution in [1.82, 2.24) is 0 Å². The summed E-state index contributed by atoms with van der Waals surface area (Å²) >= 11 is 0. The van der Waals surface area contributed by atoms with Crippen LogP contribution in [0.2, 0.25) is 0 Å². The summed E-state index contributed by atoms with van der Waals surface area (Å²) in [6.45, 7) is 6.45. The molecule has 0 saturated heterocycles. The third kappa shape index (κ3) is 53.4. The maximum Gasteiger partial charge on any atom is 0.306 e. The molecule has 0 rings (SSSR count). The lowest BCUT2D eigenvalue weighted by Gasteiger charge is -2.18. The van der Waals surface area contributed by atoms with Crippen molar-refractivity contribution in [2.75, 3.05) is 13.2 Å². The highest BCUT2D eigenvalue weighted by molar-refractivity contribution is 5.71. The zero-order chi connectivity index (χ0) is 48.6. The second-order valence-corrected chi connectivity index (χ2v) is 18.5. The molecule has 0 aromatic rings. The molecule has 1 unspecified atom stereocenters. The van der Waals surface area contributed by atoms with E-state index in [1.165, 1.54) is 116 Å². The van der Waals surface area contributed by atoms with Crippen LogP contribution < -0.4 is 0 Å². The Morgan fingerprint density at radius 3 is 0.940 bits per heavy atom. The number of hydrogen-bond donors (Lipinski definition) is 0. The van der Waals surface area contributed by atoms with E-state index in [-0.39, 0.29) is 31.1 Å². The summed E-state index contributed by atoms with van der Waals surface area (Å²) in [6, 6.07) is 0. The van der Waals surface area contributed by atoms with E-state index in [0.717, 1.165) is 109 Å². The Balaban J connectivity index is 4.23. The summed E-state index contributed by atoms with van der Waals surface area (Å²) in [4.78, 5) is 37.9. The summed E-state index contributed by atoms with van der Waals surface area (Å²) in [6.07, 6.45) is 71.6. The Bertz CT molecular complexity index is 1300. The van der Waals surface area contributed by atoms with Gasteiger partial charge in [-0.15, -0.1) is 0 Å². The molecule has 0 N–H and O–H groups in total. The average molecular weight is 933 g/mol. The maximum atomic E-state index is 12.8. The van der Waals surface area contributed by atoms with Gasteiger partial charge in [0.1, 0.15) is 13.2 Å². The zero-order valence-electron chi connectivity index (χ0n) is 43.9. The smallest absolute Gasteiger partial charge is 0.306 e. The quantitative estimate of drug-likeness (QED) is 0.0262. The second-order valence-electron chi connectivity index (χ2n) is 18.5. The lowest BCUT2D eigenvalue weighted by atomic mass is 10.1. The Morgan fingerprint density at radius 2 is 0.582 bits per heavy atom. The summed E-state index contributed by atoms with van der Waals surface area (Å²) in [5.74, 6) is -0.903. The van der Waals surface area contributed by atoms with E-state index in [2.05, 4.69) is 106 Å². The SMILES string of the molecule is CC/C=C\C/C=C\C/C=C\C/C=C\CCCCCCCCCCCCC(=O)OCC(COC(=O)CCCCCCCCC)OC(=O)CCCCCCCC/C=C\C/C=C\C/C=C\CCCCC. The highest BCUT2D eigenvalue weighted by Crippen LogP contribution is 2.15. The first-order valence-electron chi connectivity index (χ1n) is 28.1. The third-order valence-corrected chi connectivity index (χ3v) is 11.9. The van der Waals surface area contributed by atoms with Crippen LogP contribution >= 0.6 is 0 Å². The van der Waals surface area contributed by atoms with E-state index in [9.17, 15) is 14.4 Å². The monoisotopic (exact) mass is 933 g/mol. The molecule has 6 heteroatoms. The van der Waals surface area contributed by atoms with Gasteiger partial charge in [0.25, 0.3) is 0 Å². The number of ether oxygens (including phenoxy) is 3. The van der Waals surface area contributed by atoms with Gasteiger partial charge in [0.2, 0.25) is 0 Å². The van der Waals surface area contributed by atoms with Crippen LogP contribution in [0.4, 0.5) is 0 Å². The molecular weight excluding hydrogens is 829 g/mol. The predicted molar refractivity (Wildman–Crippen MR) is 288 cm³/mol. The van der Waals surface area contributed by atoms with Gasteiger partial charge < -0.3 is 14.2 Å². The van der Waals surface area contributed by atoms with Crippen LogP contribution in [0.25, 0.3) is 0 Å². The van der Waals surface area contributed by atoms with Crippen LogP contribution in [0.5, 0.6) is 0 Å². The summed E-state index contributed by atoms with van der Waals surface area (Å²) in [5, 5.41) is 0. The van der Waals surface area contributed by atoms with E-state index in [1.807, 2.05) is 0 Å². The Kier molecular flexibility index (Phi) is 52.4. The van der Waals surface area contributed by atoms with Gasteiger partial charge in [-0.3, -0.25) is 14.4 Å². The lowest BCUT2D eigenvalue weighted by Crippen LogP contribution is -2.30. The highest BCUT2D eigenvalue weighted by atomic mass is 16.6. The molecule has 6 nitrogen and oxygen atoms in total. The molecule has 0 fully saturated rings. The van der Waals surface area contributed by atoms with Crippen molar-refractivity contribution in [2.24, 2.45) is 0 Å². The number of unbranched alkanes of at least 4 members (excludes halogenated alkanes) is 25. The number of esters is 3. The van der Waals surface area contributed by atoms with Crippen LogP contribution in [-0.2, 0) is 28.6 Å². The standard InChI is InChI=1S/C61H104O6/c1-4-7-10-13-16-18-20-22-24-26-28-29-30-31-33-34-36-38-40-42-45-48-51-54-60(63)66-57-58(56-65-59(62)53-50-47-44-15-12-9-6-3)67-61(64)55-52-49-46-43-41-39-37-35-32-27-25-23-21-19-17-14-11-8-5-2/h7,10,16-19,22-25,28-29,32,35,58H,4-6,8-9,11-15,20-21,26-27,30-31,33-34,36-57H2,1-3H3/b10-7-,18-16-,19-17-,24-22-,25-23-,29-28-,35-32-. The zero-order valence-corrected chi connectivity index (χ0v) is 43.9. The number of rotatable bonds is 50. The van der Waals surface area contributed by atoms with Gasteiger partial charge >= 0.3 is 17.9 Å². The van der Waals surface area contributed by atoms with Crippen molar-refractivity contribution in [3.8, 4) is 0 Å². The fourth-order valence-electron chi connectivity index (χ4n) is 7.68. The van der Waals surface area contributed by atoms with Gasteiger partial charge in [-0.1, -0.05) is 234 Å². The van der Waals surface area contributed by atoms with E-state index < -0.39 is 6.10 Å². The molecule has 67 heavy (non-hydrogen) atoms. The number of hydrogen-bond acceptors (Lipinski definition) is 6. The molecule has 0 aromatic carbocycles. The number of allylic oxidation sites excluding steroid dienone is 14. The van der Waals surface area contributed by atoms with Crippen LogP contribution in [0, 0.1) is 0 Å². The van der Waals surface area contributed by atoms with Crippen molar-refractivity contribution in [1.29, 1.82) is 0 Å². The normalized spacial score (nSPS) is 12.7. The summed E-state index contributed by atoms with van der Waals surface area (Å²) in [5.41, 5.74) is 0. The minimum absolute atomic E-state index is 0.0824. The molecule has 0 spiro atoms. The maximum absolute atomic E-state index is 12.8. The van der Waals surface area contributed by atoms with Crippen LogP contribution in [0.15, 0.2) is 85.1 Å². The largest absolute Gasteiger partial charge is 0.462 e. The average Bonchev–Trinajstić information content (AvgIpc) is 3.33. The molecule has 0 aliphatic rings. The molecule has 384 valence electrons. The van der Waals surface area contributed by atoms with Gasteiger partial charge in [-0.25, -0.2) is 0 Å². The third-order valence-electron chi connectivity index (χ3n) is 11.9. The minimum Gasteiger partial charge on any atom is -0.462 e.